The molecule has 1 heterocycles. The number of primary amides is 1. The number of carbonyl (C=O) groups excluding carboxylic acids is 1. The van der Waals surface area contributed by atoms with Crippen LogP contribution in [0.25, 0.3) is 11.3 Å². The van der Waals surface area contributed by atoms with Crippen LogP contribution in [-0.4, -0.2) is 10.9 Å². The van der Waals surface area contributed by atoms with Crippen LogP contribution in [0.1, 0.15) is 10.4 Å². The SMILES string of the molecule is NC(=O)c1ccc2[nH]cccc1-2. The molecule has 2 rings (SSSR count). The zero-order chi connectivity index (χ0) is 8.55. The molecule has 0 fully saturated rings. The molecule has 0 aromatic carbocycles. The summed E-state index contributed by atoms with van der Waals surface area (Å²) >= 11 is 0. The number of rotatable bonds is 1. The Morgan fingerprint density at radius 3 is 2.92 bits per heavy atom. The molecule has 0 saturated heterocycles. The Bertz CT molecular complexity index is 392. The highest BCUT2D eigenvalue weighted by molar-refractivity contribution is 6.00. The van der Waals surface area contributed by atoms with Crippen molar-refractivity contribution in [3.8, 4) is 11.3 Å². The normalized spacial score (nSPS) is 10.3. The molecular formula is C9H8N2O. The summed E-state index contributed by atoms with van der Waals surface area (Å²) in [6.07, 6.45) is 1.81. The number of nitrogens with two attached hydrogens (primary N) is 1. The minimum absolute atomic E-state index is 0.385. The summed E-state index contributed by atoms with van der Waals surface area (Å²) in [7, 11) is 0. The van der Waals surface area contributed by atoms with E-state index in [-0.39, 0.29) is 5.91 Å². The summed E-state index contributed by atoms with van der Waals surface area (Å²) in [5, 5.41) is 0. The van der Waals surface area contributed by atoms with Gasteiger partial charge in [0.15, 0.2) is 0 Å². The van der Waals surface area contributed by atoms with Crippen molar-refractivity contribution in [3.05, 3.63) is 36.0 Å². The van der Waals surface area contributed by atoms with Gasteiger partial charge in [-0.2, -0.15) is 0 Å². The fourth-order valence-corrected chi connectivity index (χ4v) is 1.29. The van der Waals surface area contributed by atoms with Crippen molar-refractivity contribution in [2.45, 2.75) is 0 Å². The molecule has 0 bridgehead atoms. The molecule has 2 aliphatic rings. The monoisotopic (exact) mass is 160 g/mol. The first-order valence-corrected chi connectivity index (χ1v) is 3.65. The Morgan fingerprint density at radius 2 is 2.17 bits per heavy atom. The Kier molecular flexibility index (Phi) is 1.37. The minimum atomic E-state index is -0.385. The van der Waals surface area contributed by atoms with E-state index >= 15 is 0 Å². The molecule has 12 heavy (non-hydrogen) atoms. The van der Waals surface area contributed by atoms with Crippen molar-refractivity contribution >= 4 is 5.91 Å². The second-order valence-electron chi connectivity index (χ2n) is 2.61. The number of nitrogens with one attached hydrogen (secondary N) is 1. The molecule has 60 valence electrons. The number of pyridine rings is 1. The largest absolute Gasteiger partial charge is 0.366 e. The van der Waals surface area contributed by atoms with Gasteiger partial charge in [0.1, 0.15) is 0 Å². The third-order valence-corrected chi connectivity index (χ3v) is 1.86. The fraction of sp³-hybridized carbons (Fsp3) is 0. The van der Waals surface area contributed by atoms with Crippen LogP contribution in [0.15, 0.2) is 30.5 Å². The van der Waals surface area contributed by atoms with Crippen LogP contribution in [0.5, 0.6) is 0 Å². The van der Waals surface area contributed by atoms with Gasteiger partial charge >= 0.3 is 0 Å². The third kappa shape index (κ3) is 0.871. The number of carbonyl (C=O) groups is 1. The molecule has 0 aromatic heterocycles. The van der Waals surface area contributed by atoms with Crippen LogP contribution < -0.4 is 5.73 Å². The molecule has 0 atom stereocenters. The van der Waals surface area contributed by atoms with Crippen LogP contribution in [0.4, 0.5) is 0 Å². The highest BCUT2D eigenvalue weighted by Gasteiger charge is 2.11. The van der Waals surface area contributed by atoms with Crippen LogP contribution in [0.3, 0.4) is 0 Å². The second kappa shape index (κ2) is 2.37. The Labute approximate surface area is 69.5 Å². The number of fused-ring (bicyclic) bond motifs is 1. The van der Waals surface area contributed by atoms with Crippen molar-refractivity contribution in [2.24, 2.45) is 5.73 Å². The van der Waals surface area contributed by atoms with E-state index in [0.717, 1.165) is 11.3 Å². The molecule has 3 N–H and O–H groups in total. The van der Waals surface area contributed by atoms with Crippen LogP contribution in [0.2, 0.25) is 0 Å². The van der Waals surface area contributed by atoms with Crippen molar-refractivity contribution in [3.63, 3.8) is 0 Å². The minimum Gasteiger partial charge on any atom is -0.366 e. The standard InChI is InChI=1S/C9H8N2O/c10-9(12)7-3-4-8-6(7)2-1-5-11-8/h1-5,11H,(H2,10,12). The summed E-state index contributed by atoms with van der Waals surface area (Å²) in [5.74, 6) is -0.385. The maximum atomic E-state index is 10.9. The molecule has 3 nitrogen and oxygen atoms in total. The number of aromatic nitrogens is 1. The molecule has 3 heteroatoms. The predicted molar refractivity (Wildman–Crippen MR) is 45.9 cm³/mol. The van der Waals surface area contributed by atoms with E-state index < -0.39 is 0 Å². The van der Waals surface area contributed by atoms with E-state index in [4.69, 9.17) is 5.73 Å². The number of aromatic amines is 1. The Morgan fingerprint density at radius 1 is 1.33 bits per heavy atom. The summed E-state index contributed by atoms with van der Waals surface area (Å²) in [4.78, 5) is 13.9. The predicted octanol–water partition coefficient (Wildman–Crippen LogP) is 1.22. The number of hydrogen-bond acceptors (Lipinski definition) is 1. The molecule has 1 aliphatic heterocycles. The lowest BCUT2D eigenvalue weighted by Crippen LogP contribution is -2.10. The van der Waals surface area contributed by atoms with E-state index in [1.54, 1.807) is 6.07 Å². The highest BCUT2D eigenvalue weighted by Crippen LogP contribution is 2.24. The molecular weight excluding hydrogens is 152 g/mol. The van der Waals surface area contributed by atoms with E-state index in [9.17, 15) is 4.79 Å². The van der Waals surface area contributed by atoms with Crippen molar-refractivity contribution in [2.75, 3.05) is 0 Å². The number of H-pyrrole nitrogens is 1. The summed E-state index contributed by atoms with van der Waals surface area (Å²) in [5.41, 5.74) is 7.56. The average Bonchev–Trinajstić information content (AvgIpc) is 2.47. The van der Waals surface area contributed by atoms with Gasteiger partial charge in [-0.05, 0) is 18.2 Å². The van der Waals surface area contributed by atoms with E-state index in [1.165, 1.54) is 0 Å². The van der Waals surface area contributed by atoms with Crippen LogP contribution >= 0.6 is 0 Å². The lowest BCUT2D eigenvalue weighted by atomic mass is 10.1. The van der Waals surface area contributed by atoms with Gasteiger partial charge in [-0.15, -0.1) is 0 Å². The molecule has 0 unspecified atom stereocenters. The number of hydrogen-bond donors (Lipinski definition) is 2. The van der Waals surface area contributed by atoms with Gasteiger partial charge in [0.25, 0.3) is 0 Å². The fourth-order valence-electron chi connectivity index (χ4n) is 1.29. The lowest BCUT2D eigenvalue weighted by Gasteiger charge is -1.99. The van der Waals surface area contributed by atoms with Gasteiger partial charge in [0.05, 0.1) is 0 Å². The third-order valence-electron chi connectivity index (χ3n) is 1.86. The van der Waals surface area contributed by atoms with Gasteiger partial charge in [0, 0.05) is 23.0 Å². The van der Waals surface area contributed by atoms with Gasteiger partial charge in [-0.25, -0.2) is 0 Å². The Balaban J connectivity index is 2.67. The first-order valence-electron chi connectivity index (χ1n) is 3.65. The van der Waals surface area contributed by atoms with Crippen LogP contribution in [-0.2, 0) is 0 Å². The molecule has 0 radical (unpaired) electrons. The molecule has 0 spiro atoms. The van der Waals surface area contributed by atoms with Crippen molar-refractivity contribution in [1.29, 1.82) is 0 Å². The first kappa shape index (κ1) is 6.91. The summed E-state index contributed by atoms with van der Waals surface area (Å²) in [6.45, 7) is 0. The van der Waals surface area contributed by atoms with Gasteiger partial charge in [-0.3, -0.25) is 4.79 Å². The van der Waals surface area contributed by atoms with Crippen molar-refractivity contribution in [1.82, 2.24) is 4.98 Å². The Hall–Kier alpha value is -1.77. The van der Waals surface area contributed by atoms with Gasteiger partial charge < -0.3 is 10.7 Å². The highest BCUT2D eigenvalue weighted by atomic mass is 16.1. The lowest BCUT2D eigenvalue weighted by molar-refractivity contribution is 0.100. The first-order chi connectivity index (χ1) is 5.79. The zero-order valence-corrected chi connectivity index (χ0v) is 6.37. The molecule has 0 aromatic rings. The molecule has 0 saturated carbocycles. The molecule has 1 amide bonds. The number of amides is 1. The maximum Gasteiger partial charge on any atom is 0.249 e. The van der Waals surface area contributed by atoms with E-state index in [0.29, 0.717) is 5.56 Å². The summed E-state index contributed by atoms with van der Waals surface area (Å²) in [6, 6.07) is 7.28. The zero-order valence-electron chi connectivity index (χ0n) is 6.37. The second-order valence-corrected chi connectivity index (χ2v) is 2.61. The summed E-state index contributed by atoms with van der Waals surface area (Å²) < 4.78 is 0. The average molecular weight is 160 g/mol. The van der Waals surface area contributed by atoms with Gasteiger partial charge in [0.2, 0.25) is 5.91 Å². The van der Waals surface area contributed by atoms with Gasteiger partial charge in [-0.1, -0.05) is 6.07 Å². The molecule has 1 aliphatic carbocycles. The quantitative estimate of drug-likeness (QED) is 0.647. The topological polar surface area (TPSA) is 58.9 Å². The smallest absolute Gasteiger partial charge is 0.249 e. The van der Waals surface area contributed by atoms with Crippen LogP contribution in [0, 0.1) is 0 Å². The van der Waals surface area contributed by atoms with Crippen molar-refractivity contribution < 1.29 is 4.79 Å². The van der Waals surface area contributed by atoms with E-state index in [1.807, 2.05) is 24.4 Å². The van der Waals surface area contributed by atoms with E-state index in [2.05, 4.69) is 4.98 Å². The maximum absolute atomic E-state index is 10.9.